The highest BCUT2D eigenvalue weighted by atomic mass is 32.2. The van der Waals surface area contributed by atoms with E-state index in [1.54, 1.807) is 11.4 Å². The molecule has 0 amide bonds. The van der Waals surface area contributed by atoms with Gasteiger partial charge in [0.05, 0.1) is 7.11 Å². The lowest BCUT2D eigenvalue weighted by Gasteiger charge is -2.10. The molecule has 0 bridgehead atoms. The van der Waals surface area contributed by atoms with Gasteiger partial charge in [-0.3, -0.25) is 9.52 Å². The van der Waals surface area contributed by atoms with Crippen molar-refractivity contribution in [1.29, 1.82) is 0 Å². The summed E-state index contributed by atoms with van der Waals surface area (Å²) in [7, 11) is -2.33. The van der Waals surface area contributed by atoms with E-state index in [4.69, 9.17) is 4.74 Å². The van der Waals surface area contributed by atoms with Crippen molar-refractivity contribution in [2.45, 2.75) is 4.21 Å². The van der Waals surface area contributed by atoms with Crippen molar-refractivity contribution in [3.63, 3.8) is 0 Å². The number of pyridine rings is 1. The molecule has 0 radical (unpaired) electrons. The van der Waals surface area contributed by atoms with E-state index < -0.39 is 10.0 Å². The Kier molecular flexibility index (Phi) is 3.82. The molecule has 0 unspecified atom stereocenters. The van der Waals surface area contributed by atoms with Gasteiger partial charge in [-0.05, 0) is 17.5 Å². The van der Waals surface area contributed by atoms with Gasteiger partial charge in [-0.25, -0.2) is 13.4 Å². The average molecular weight is 298 g/mol. The summed E-state index contributed by atoms with van der Waals surface area (Å²) in [4.78, 5) is 14.6. The van der Waals surface area contributed by atoms with Crippen molar-refractivity contribution in [3.8, 4) is 5.88 Å². The second-order valence-corrected chi connectivity index (χ2v) is 6.34. The summed E-state index contributed by atoms with van der Waals surface area (Å²) in [5, 5.41) is 1.66. The van der Waals surface area contributed by atoms with Crippen LogP contribution in [-0.4, -0.2) is 26.8 Å². The largest absolute Gasteiger partial charge is 0.480 e. The van der Waals surface area contributed by atoms with E-state index in [9.17, 15) is 13.2 Å². The first-order valence-corrected chi connectivity index (χ1v) is 7.48. The Morgan fingerprint density at radius 2 is 2.26 bits per heavy atom. The van der Waals surface area contributed by atoms with Gasteiger partial charge in [0.2, 0.25) is 5.88 Å². The van der Waals surface area contributed by atoms with E-state index >= 15 is 0 Å². The molecule has 19 heavy (non-hydrogen) atoms. The number of carbonyl (C=O) groups excluding carboxylic acids is 1. The van der Waals surface area contributed by atoms with Crippen LogP contribution in [0.15, 0.2) is 34.0 Å². The van der Waals surface area contributed by atoms with Crippen LogP contribution in [0, 0.1) is 0 Å². The van der Waals surface area contributed by atoms with Gasteiger partial charge in [0.25, 0.3) is 10.0 Å². The quantitative estimate of drug-likeness (QED) is 0.850. The number of nitrogens with one attached hydrogen (secondary N) is 1. The minimum absolute atomic E-state index is 0.103. The van der Waals surface area contributed by atoms with Gasteiger partial charge in [0.1, 0.15) is 9.90 Å². The molecule has 0 fully saturated rings. The Balaban J connectivity index is 2.40. The highest BCUT2D eigenvalue weighted by Crippen LogP contribution is 2.26. The predicted molar refractivity (Wildman–Crippen MR) is 71.3 cm³/mol. The third kappa shape index (κ3) is 2.91. The van der Waals surface area contributed by atoms with E-state index in [0.29, 0.717) is 6.29 Å². The van der Waals surface area contributed by atoms with Crippen LogP contribution in [0.5, 0.6) is 5.88 Å². The van der Waals surface area contributed by atoms with Gasteiger partial charge in [0, 0.05) is 11.8 Å². The minimum Gasteiger partial charge on any atom is -0.480 e. The third-order valence-electron chi connectivity index (χ3n) is 2.21. The number of aromatic nitrogens is 1. The molecule has 100 valence electrons. The molecule has 0 spiro atoms. The molecule has 0 aromatic carbocycles. The average Bonchev–Trinajstić information content (AvgIpc) is 2.93. The summed E-state index contributed by atoms with van der Waals surface area (Å²) in [5.74, 6) is 0.103. The van der Waals surface area contributed by atoms with Crippen LogP contribution in [0.3, 0.4) is 0 Å². The smallest absolute Gasteiger partial charge is 0.271 e. The van der Waals surface area contributed by atoms with Crippen molar-refractivity contribution in [2.24, 2.45) is 0 Å². The standard InChI is InChI=1S/C11H10N2O4S2/c1-17-11-9(5-8(7-14)6-12-11)13-19(15,16)10-3-2-4-18-10/h2-7,13H,1H3. The first kappa shape index (κ1) is 13.5. The molecular weight excluding hydrogens is 288 g/mol. The number of hydrogen-bond donors (Lipinski definition) is 1. The Bertz CT molecular complexity index is 681. The second-order valence-electron chi connectivity index (χ2n) is 3.48. The molecule has 2 heterocycles. The number of ether oxygens (including phenoxy) is 1. The van der Waals surface area contributed by atoms with Crippen LogP contribution in [0.1, 0.15) is 10.4 Å². The van der Waals surface area contributed by atoms with Crippen molar-refractivity contribution in [3.05, 3.63) is 35.3 Å². The summed E-state index contributed by atoms with van der Waals surface area (Å²) in [5.41, 5.74) is 0.380. The molecule has 2 aromatic heterocycles. The maximum absolute atomic E-state index is 12.1. The number of aldehydes is 1. The summed E-state index contributed by atoms with van der Waals surface area (Å²) < 4.78 is 31.6. The SMILES string of the molecule is COc1ncc(C=O)cc1NS(=O)(=O)c1cccs1. The predicted octanol–water partition coefficient (Wildman–Crippen LogP) is 1.77. The monoisotopic (exact) mass is 298 g/mol. The van der Waals surface area contributed by atoms with Gasteiger partial charge < -0.3 is 4.74 Å². The van der Waals surface area contributed by atoms with Gasteiger partial charge in [-0.15, -0.1) is 11.3 Å². The number of sulfonamides is 1. The summed E-state index contributed by atoms with van der Waals surface area (Å²) in [6.07, 6.45) is 1.88. The van der Waals surface area contributed by atoms with Gasteiger partial charge in [0.15, 0.2) is 6.29 Å². The number of thiophene rings is 1. The number of anilines is 1. The van der Waals surface area contributed by atoms with E-state index in [1.165, 1.54) is 25.4 Å². The Labute approximate surface area is 114 Å². The normalized spacial score (nSPS) is 11.0. The van der Waals surface area contributed by atoms with Crippen molar-refractivity contribution in [2.75, 3.05) is 11.8 Å². The zero-order chi connectivity index (χ0) is 13.9. The lowest BCUT2D eigenvalue weighted by atomic mass is 10.3. The summed E-state index contributed by atoms with van der Waals surface area (Å²) in [6.45, 7) is 0. The maximum atomic E-state index is 12.1. The number of nitrogens with zero attached hydrogens (tertiary/aromatic N) is 1. The van der Waals surface area contributed by atoms with Gasteiger partial charge in [-0.2, -0.15) is 0 Å². The first-order valence-electron chi connectivity index (χ1n) is 5.12. The molecule has 0 saturated carbocycles. The maximum Gasteiger partial charge on any atom is 0.271 e. The van der Waals surface area contributed by atoms with Crippen molar-refractivity contribution < 1.29 is 17.9 Å². The molecule has 6 nitrogen and oxygen atoms in total. The number of hydrogen-bond acceptors (Lipinski definition) is 6. The first-order chi connectivity index (χ1) is 9.06. The van der Waals surface area contributed by atoms with Gasteiger partial charge in [-0.1, -0.05) is 6.07 Å². The van der Waals surface area contributed by atoms with Gasteiger partial charge >= 0.3 is 0 Å². The molecule has 2 aromatic rings. The van der Waals surface area contributed by atoms with Crippen molar-refractivity contribution >= 4 is 33.3 Å². The lowest BCUT2D eigenvalue weighted by Crippen LogP contribution is -2.13. The zero-order valence-electron chi connectivity index (χ0n) is 9.86. The molecule has 0 saturated heterocycles. The number of rotatable bonds is 5. The third-order valence-corrected chi connectivity index (χ3v) is 4.97. The van der Waals surface area contributed by atoms with Crippen LogP contribution in [-0.2, 0) is 10.0 Å². The van der Waals surface area contributed by atoms with Crippen LogP contribution < -0.4 is 9.46 Å². The topological polar surface area (TPSA) is 85.4 Å². The minimum atomic E-state index is -3.69. The molecule has 2 rings (SSSR count). The molecular formula is C11H10N2O4S2. The van der Waals surface area contributed by atoms with E-state index in [0.717, 1.165) is 11.3 Å². The molecule has 0 aliphatic carbocycles. The Morgan fingerprint density at radius 1 is 1.47 bits per heavy atom. The van der Waals surface area contributed by atoms with Crippen LogP contribution in [0.4, 0.5) is 5.69 Å². The van der Waals surface area contributed by atoms with Crippen LogP contribution >= 0.6 is 11.3 Å². The Morgan fingerprint density at radius 3 is 2.84 bits per heavy atom. The van der Waals surface area contributed by atoms with Crippen LogP contribution in [0.2, 0.25) is 0 Å². The van der Waals surface area contributed by atoms with E-state index in [1.807, 2.05) is 0 Å². The second kappa shape index (κ2) is 5.37. The Hall–Kier alpha value is -1.93. The van der Waals surface area contributed by atoms with Crippen LogP contribution in [0.25, 0.3) is 0 Å². The molecule has 8 heteroatoms. The van der Waals surface area contributed by atoms with E-state index in [2.05, 4.69) is 9.71 Å². The lowest BCUT2D eigenvalue weighted by molar-refractivity contribution is 0.112. The molecule has 0 atom stereocenters. The fourth-order valence-corrected chi connectivity index (χ4v) is 3.42. The fourth-order valence-electron chi connectivity index (χ4n) is 1.38. The number of methoxy groups -OCH3 is 1. The van der Waals surface area contributed by atoms with E-state index in [-0.39, 0.29) is 21.3 Å². The molecule has 1 N–H and O–H groups in total. The number of carbonyl (C=O) groups is 1. The zero-order valence-corrected chi connectivity index (χ0v) is 11.5. The highest BCUT2D eigenvalue weighted by Gasteiger charge is 2.18. The summed E-state index contributed by atoms with van der Waals surface area (Å²) >= 11 is 1.09. The fraction of sp³-hybridized carbons (Fsp3) is 0.0909. The highest BCUT2D eigenvalue weighted by molar-refractivity contribution is 7.94. The molecule has 0 aliphatic rings. The molecule has 0 aliphatic heterocycles. The van der Waals surface area contributed by atoms with Crippen molar-refractivity contribution in [1.82, 2.24) is 4.98 Å². The summed E-state index contributed by atoms with van der Waals surface area (Å²) in [6, 6.07) is 4.48.